The number of rotatable bonds is 7. The highest BCUT2D eigenvalue weighted by Gasteiger charge is 2.24. The maximum Gasteiger partial charge on any atom is 0.251 e. The Bertz CT molecular complexity index is 1450. The van der Waals surface area contributed by atoms with Crippen LogP contribution in [0.1, 0.15) is 42.3 Å². The van der Waals surface area contributed by atoms with E-state index in [1.54, 1.807) is 12.1 Å². The first-order valence-electron chi connectivity index (χ1n) is 12.3. The Labute approximate surface area is 225 Å². The fraction of sp³-hybridized carbons (Fsp3) is 0.241. The topological polar surface area (TPSA) is 102 Å². The normalized spacial score (nSPS) is 13.1. The molecule has 1 aliphatic heterocycles. The Balaban J connectivity index is 1.32. The van der Waals surface area contributed by atoms with E-state index in [1.165, 1.54) is 11.3 Å². The molecule has 0 saturated heterocycles. The first-order chi connectivity index (χ1) is 18.3. The second kappa shape index (κ2) is 10.6. The van der Waals surface area contributed by atoms with Crippen LogP contribution in [0, 0.1) is 0 Å². The summed E-state index contributed by atoms with van der Waals surface area (Å²) >= 11 is 1.24. The van der Waals surface area contributed by atoms with Gasteiger partial charge in [-0.1, -0.05) is 74.6 Å². The molecule has 38 heavy (non-hydrogen) atoms. The smallest absolute Gasteiger partial charge is 0.251 e. The summed E-state index contributed by atoms with van der Waals surface area (Å²) in [6.45, 7) is 6.54. The molecule has 0 aliphatic carbocycles. The number of amides is 2. The van der Waals surface area contributed by atoms with Gasteiger partial charge in [-0.15, -0.1) is 10.2 Å². The van der Waals surface area contributed by atoms with Crippen LogP contribution in [0.4, 0.5) is 5.13 Å². The number of carbonyl (C=O) groups is 2. The van der Waals surface area contributed by atoms with Crippen molar-refractivity contribution < 1.29 is 19.1 Å². The van der Waals surface area contributed by atoms with E-state index < -0.39 is 6.04 Å². The average molecular weight is 529 g/mol. The number of carbonyl (C=O) groups excluding carboxylic acids is 2. The Morgan fingerprint density at radius 3 is 2.42 bits per heavy atom. The molecule has 2 heterocycles. The maximum atomic E-state index is 13.3. The van der Waals surface area contributed by atoms with E-state index in [-0.39, 0.29) is 24.0 Å². The first kappa shape index (κ1) is 25.4. The number of hydrogen-bond acceptors (Lipinski definition) is 7. The molecule has 0 saturated carbocycles. The van der Waals surface area contributed by atoms with E-state index in [0.717, 1.165) is 16.7 Å². The molecule has 4 aromatic rings. The lowest BCUT2D eigenvalue weighted by Gasteiger charge is -2.20. The SMILES string of the molecule is CC(C)(C)c1ccc(C(=O)NC(Cc2ccccc2)C(=O)Nc2nnc(-c3ccc4c(c3)OCO4)s2)cc1. The molecule has 0 spiro atoms. The third-order valence-electron chi connectivity index (χ3n) is 6.19. The largest absolute Gasteiger partial charge is 0.454 e. The predicted molar refractivity (Wildman–Crippen MR) is 147 cm³/mol. The van der Waals surface area contributed by atoms with Gasteiger partial charge in [0, 0.05) is 17.5 Å². The lowest BCUT2D eigenvalue weighted by molar-refractivity contribution is -0.118. The van der Waals surface area contributed by atoms with Crippen LogP contribution in [0.25, 0.3) is 10.6 Å². The van der Waals surface area contributed by atoms with Gasteiger partial charge in [0.2, 0.25) is 17.8 Å². The third-order valence-corrected chi connectivity index (χ3v) is 7.08. The molecule has 0 radical (unpaired) electrons. The van der Waals surface area contributed by atoms with Crippen molar-refractivity contribution in [1.82, 2.24) is 15.5 Å². The number of ether oxygens (including phenoxy) is 2. The summed E-state index contributed by atoms with van der Waals surface area (Å²) in [4.78, 5) is 26.5. The van der Waals surface area contributed by atoms with Gasteiger partial charge in [0.25, 0.3) is 5.91 Å². The van der Waals surface area contributed by atoms with Crippen molar-refractivity contribution in [2.45, 2.75) is 38.6 Å². The molecule has 0 fully saturated rings. The monoisotopic (exact) mass is 528 g/mol. The van der Waals surface area contributed by atoms with Crippen LogP contribution in [0.2, 0.25) is 0 Å². The number of aromatic nitrogens is 2. The van der Waals surface area contributed by atoms with E-state index in [0.29, 0.717) is 33.6 Å². The lowest BCUT2D eigenvalue weighted by atomic mass is 9.86. The summed E-state index contributed by atoms with van der Waals surface area (Å²) in [6.07, 6.45) is 0.326. The van der Waals surface area contributed by atoms with E-state index in [9.17, 15) is 9.59 Å². The molecule has 1 unspecified atom stereocenters. The molecule has 8 nitrogen and oxygen atoms in total. The summed E-state index contributed by atoms with van der Waals surface area (Å²) in [5.41, 5.74) is 3.33. The van der Waals surface area contributed by atoms with Gasteiger partial charge in [-0.2, -0.15) is 0 Å². The molecule has 1 atom stereocenters. The minimum atomic E-state index is -0.815. The maximum absolute atomic E-state index is 13.3. The fourth-order valence-corrected chi connectivity index (χ4v) is 4.78. The van der Waals surface area contributed by atoms with Crippen molar-refractivity contribution in [3.63, 3.8) is 0 Å². The zero-order valence-corrected chi connectivity index (χ0v) is 22.2. The second-order valence-electron chi connectivity index (χ2n) is 10.0. The highest BCUT2D eigenvalue weighted by atomic mass is 32.1. The Morgan fingerprint density at radius 2 is 1.68 bits per heavy atom. The standard InChI is InChI=1S/C29H28N4O4S/c1-29(2,3)21-12-9-19(10-13-21)25(34)30-22(15-18-7-5-4-6-8-18)26(35)31-28-33-32-27(38-28)20-11-14-23-24(16-20)37-17-36-23/h4-14,16,22H,15,17H2,1-3H3,(H,30,34)(H,31,33,35). The van der Waals surface area contributed by atoms with E-state index in [2.05, 4.69) is 41.6 Å². The Morgan fingerprint density at radius 1 is 0.947 bits per heavy atom. The van der Waals surface area contributed by atoms with E-state index in [1.807, 2.05) is 60.7 Å². The molecule has 5 rings (SSSR count). The molecule has 2 amide bonds. The van der Waals surface area contributed by atoms with Gasteiger partial charge in [0.1, 0.15) is 11.0 Å². The highest BCUT2D eigenvalue weighted by molar-refractivity contribution is 7.18. The van der Waals surface area contributed by atoms with E-state index in [4.69, 9.17) is 9.47 Å². The molecule has 9 heteroatoms. The van der Waals surface area contributed by atoms with Gasteiger partial charge < -0.3 is 14.8 Å². The van der Waals surface area contributed by atoms with Crippen LogP contribution in [0.3, 0.4) is 0 Å². The number of benzene rings is 3. The molecule has 1 aromatic heterocycles. The van der Waals surface area contributed by atoms with Crippen molar-refractivity contribution >= 4 is 28.3 Å². The van der Waals surface area contributed by atoms with Crippen molar-refractivity contribution in [2.24, 2.45) is 0 Å². The molecular formula is C29H28N4O4S. The third kappa shape index (κ3) is 5.84. The zero-order valence-electron chi connectivity index (χ0n) is 21.4. The number of nitrogens with one attached hydrogen (secondary N) is 2. The quantitative estimate of drug-likeness (QED) is 0.341. The van der Waals surface area contributed by atoms with Crippen LogP contribution in [0.5, 0.6) is 11.5 Å². The first-order valence-corrected chi connectivity index (χ1v) is 13.1. The summed E-state index contributed by atoms with van der Waals surface area (Å²) in [7, 11) is 0. The zero-order chi connectivity index (χ0) is 26.7. The van der Waals surface area contributed by atoms with Gasteiger partial charge in [-0.3, -0.25) is 14.9 Å². The predicted octanol–water partition coefficient (Wildman–Crippen LogP) is 5.21. The van der Waals surface area contributed by atoms with Crippen LogP contribution >= 0.6 is 11.3 Å². The van der Waals surface area contributed by atoms with E-state index >= 15 is 0 Å². The van der Waals surface area contributed by atoms with Gasteiger partial charge in [-0.25, -0.2) is 0 Å². The van der Waals surface area contributed by atoms with Gasteiger partial charge in [0.05, 0.1) is 0 Å². The van der Waals surface area contributed by atoms with Gasteiger partial charge in [-0.05, 0) is 46.9 Å². The summed E-state index contributed by atoms with van der Waals surface area (Å²) in [5.74, 6) is 0.630. The van der Waals surface area contributed by atoms with Crippen molar-refractivity contribution in [3.8, 4) is 22.1 Å². The molecular weight excluding hydrogens is 500 g/mol. The van der Waals surface area contributed by atoms with Crippen molar-refractivity contribution in [3.05, 3.63) is 89.5 Å². The average Bonchev–Trinajstić information content (AvgIpc) is 3.57. The highest BCUT2D eigenvalue weighted by Crippen LogP contribution is 2.37. The van der Waals surface area contributed by atoms with Crippen LogP contribution in [0.15, 0.2) is 72.8 Å². The van der Waals surface area contributed by atoms with Crippen LogP contribution < -0.4 is 20.1 Å². The number of fused-ring (bicyclic) bond motifs is 1. The van der Waals surface area contributed by atoms with Crippen molar-refractivity contribution in [2.75, 3.05) is 12.1 Å². The number of nitrogens with zero attached hydrogens (tertiary/aromatic N) is 2. The molecule has 3 aromatic carbocycles. The second-order valence-corrected chi connectivity index (χ2v) is 11.0. The lowest BCUT2D eigenvalue weighted by Crippen LogP contribution is -2.45. The summed E-state index contributed by atoms with van der Waals surface area (Å²) < 4.78 is 10.8. The summed E-state index contributed by atoms with van der Waals surface area (Å²) in [6, 6.07) is 21.7. The van der Waals surface area contributed by atoms with Gasteiger partial charge >= 0.3 is 0 Å². The van der Waals surface area contributed by atoms with Crippen molar-refractivity contribution in [1.29, 1.82) is 0 Å². The minimum absolute atomic E-state index is 0.0219. The Hall–Kier alpha value is -4.24. The van der Waals surface area contributed by atoms with Crippen LogP contribution in [-0.4, -0.2) is 34.8 Å². The minimum Gasteiger partial charge on any atom is -0.454 e. The number of hydrogen-bond donors (Lipinski definition) is 2. The Kier molecular flexibility index (Phi) is 7.11. The molecule has 1 aliphatic rings. The molecule has 194 valence electrons. The van der Waals surface area contributed by atoms with Crippen LogP contribution in [-0.2, 0) is 16.6 Å². The summed E-state index contributed by atoms with van der Waals surface area (Å²) in [5, 5.41) is 15.0. The molecule has 0 bridgehead atoms. The number of anilines is 1. The molecule has 2 N–H and O–H groups in total. The van der Waals surface area contributed by atoms with Gasteiger partial charge in [0.15, 0.2) is 11.5 Å². The fourth-order valence-electron chi connectivity index (χ4n) is 4.03.